The van der Waals surface area contributed by atoms with E-state index in [0.29, 0.717) is 31.2 Å². The van der Waals surface area contributed by atoms with Crippen LogP contribution in [0, 0.1) is 17.8 Å². The Morgan fingerprint density at radius 2 is 1.54 bits per heavy atom. The summed E-state index contributed by atoms with van der Waals surface area (Å²) in [6.07, 6.45) is 7.84. The van der Waals surface area contributed by atoms with E-state index in [4.69, 9.17) is 19.9 Å². The second kappa shape index (κ2) is 27.0. The monoisotopic (exact) mass is 914 g/mol. The lowest BCUT2D eigenvalue weighted by Crippen LogP contribution is -2.66. The van der Waals surface area contributed by atoms with Crippen molar-refractivity contribution in [3.8, 4) is 0 Å². The first-order valence-electron chi connectivity index (χ1n) is 23.7. The quantitative estimate of drug-likeness (QED) is 0.0870. The molecule has 65 heavy (non-hydrogen) atoms. The highest BCUT2D eigenvalue weighted by atomic mass is 16.6. The van der Waals surface area contributed by atoms with Gasteiger partial charge in [-0.2, -0.15) is 0 Å². The lowest BCUT2D eigenvalue weighted by Gasteiger charge is -2.35. The molecule has 1 heterocycles. The van der Waals surface area contributed by atoms with Gasteiger partial charge in [0.1, 0.15) is 42.4 Å². The van der Waals surface area contributed by atoms with Crippen LogP contribution in [0.1, 0.15) is 138 Å². The Balaban J connectivity index is 2.15. The van der Waals surface area contributed by atoms with Crippen molar-refractivity contribution in [3.05, 3.63) is 35.9 Å². The van der Waals surface area contributed by atoms with Gasteiger partial charge >= 0.3 is 12.1 Å². The Kier molecular flexibility index (Phi) is 22.7. The fourth-order valence-electron chi connectivity index (χ4n) is 8.21. The first kappa shape index (κ1) is 54.6. The van der Waals surface area contributed by atoms with E-state index in [2.05, 4.69) is 33.5 Å². The molecule has 7 N–H and O–H groups in total. The first-order valence-corrected chi connectivity index (χ1v) is 23.7. The van der Waals surface area contributed by atoms with Crippen LogP contribution in [0.4, 0.5) is 4.79 Å². The Labute approximate surface area is 386 Å². The van der Waals surface area contributed by atoms with E-state index in [1.165, 1.54) is 4.90 Å². The van der Waals surface area contributed by atoms with Gasteiger partial charge in [-0.1, -0.05) is 109 Å². The van der Waals surface area contributed by atoms with Crippen molar-refractivity contribution in [2.75, 3.05) is 20.2 Å². The van der Waals surface area contributed by atoms with Crippen molar-refractivity contribution in [2.24, 2.45) is 23.5 Å². The van der Waals surface area contributed by atoms with E-state index in [9.17, 15) is 33.6 Å². The molecular weight excluding hydrogens is 835 g/mol. The molecule has 0 spiro atoms. The number of likely N-dealkylation sites (N-methyl/N-ethyl adjacent to an activating group) is 1. The topological polar surface area (TPSA) is 237 Å². The van der Waals surface area contributed by atoms with Crippen LogP contribution in [0.15, 0.2) is 30.3 Å². The van der Waals surface area contributed by atoms with Crippen LogP contribution in [0.2, 0.25) is 0 Å². The number of carbonyl (C=O) groups is 7. The summed E-state index contributed by atoms with van der Waals surface area (Å²) >= 11 is 0. The molecule has 1 unspecified atom stereocenters. The summed E-state index contributed by atoms with van der Waals surface area (Å²) in [5, 5.41) is 13.6. The minimum absolute atomic E-state index is 0.0124. The predicted octanol–water partition coefficient (Wildman–Crippen LogP) is 4.39. The normalized spacial score (nSPS) is 25.7. The SMILES string of the molecule is CCCCCC[C@H]1OC[C@@H](C)NC(=O)[C@H](CNC(=O)OC(C)(C)C)NC(=O)[C@H](C(N)C(=O)OCc2ccccc2)NC(=O)[C@H](C2CCCCCC2)NC(=O)[C@H](CC(C)C)N(C)C(=O)[C@@H]1C. The van der Waals surface area contributed by atoms with E-state index in [1.54, 1.807) is 72.0 Å². The fraction of sp³-hybridized carbons (Fsp3) is 0.729. The van der Waals surface area contributed by atoms with Gasteiger partial charge in [-0.25, -0.2) is 4.79 Å². The van der Waals surface area contributed by atoms with Gasteiger partial charge in [-0.05, 0) is 70.8 Å². The van der Waals surface area contributed by atoms with Crippen LogP contribution in [0.25, 0.3) is 0 Å². The van der Waals surface area contributed by atoms with Gasteiger partial charge in [0.15, 0.2) is 0 Å². The third kappa shape index (κ3) is 18.6. The maximum Gasteiger partial charge on any atom is 0.407 e. The summed E-state index contributed by atoms with van der Waals surface area (Å²) in [5.74, 6) is -5.43. The van der Waals surface area contributed by atoms with Gasteiger partial charge in [-0.3, -0.25) is 28.8 Å². The molecule has 8 atom stereocenters. The van der Waals surface area contributed by atoms with E-state index in [0.717, 1.165) is 51.4 Å². The van der Waals surface area contributed by atoms with Gasteiger partial charge in [0.05, 0.1) is 25.2 Å². The summed E-state index contributed by atoms with van der Waals surface area (Å²) < 4.78 is 17.3. The van der Waals surface area contributed by atoms with Gasteiger partial charge < -0.3 is 51.4 Å². The minimum Gasteiger partial charge on any atom is -0.460 e. The van der Waals surface area contributed by atoms with Crippen LogP contribution < -0.4 is 32.3 Å². The van der Waals surface area contributed by atoms with E-state index in [1.807, 2.05) is 13.8 Å². The molecule has 1 aromatic rings. The number of nitrogens with two attached hydrogens (primary N) is 1. The molecule has 2 aliphatic rings. The lowest BCUT2D eigenvalue weighted by molar-refractivity contribution is -0.149. The van der Waals surface area contributed by atoms with E-state index < -0.39 is 96.1 Å². The van der Waals surface area contributed by atoms with Crippen LogP contribution in [-0.2, 0) is 49.6 Å². The average molecular weight is 914 g/mol. The van der Waals surface area contributed by atoms with E-state index >= 15 is 0 Å². The maximum atomic E-state index is 14.8. The summed E-state index contributed by atoms with van der Waals surface area (Å²) in [7, 11) is 1.59. The number of carbonyl (C=O) groups excluding carboxylic acids is 7. The molecule has 1 saturated carbocycles. The van der Waals surface area contributed by atoms with Crippen molar-refractivity contribution in [2.45, 2.75) is 187 Å². The van der Waals surface area contributed by atoms with Gasteiger partial charge in [0.2, 0.25) is 29.5 Å². The number of nitrogens with zero attached hydrogens (tertiary/aromatic N) is 1. The van der Waals surface area contributed by atoms with Crippen LogP contribution >= 0.6 is 0 Å². The second-order valence-corrected chi connectivity index (χ2v) is 19.3. The molecule has 1 aliphatic heterocycles. The summed E-state index contributed by atoms with van der Waals surface area (Å²) in [4.78, 5) is 100. The van der Waals surface area contributed by atoms with Crippen molar-refractivity contribution >= 4 is 41.6 Å². The zero-order valence-corrected chi connectivity index (χ0v) is 40.4. The molecule has 2 fully saturated rings. The number of alkyl carbamates (subject to hydrolysis) is 1. The molecule has 1 aliphatic carbocycles. The number of unbranched alkanes of at least 4 members (excludes halogenated alkanes) is 3. The van der Waals surface area contributed by atoms with Crippen LogP contribution in [-0.4, -0.2) is 115 Å². The highest BCUT2D eigenvalue weighted by molar-refractivity contribution is 5.98. The number of amides is 6. The predicted molar refractivity (Wildman–Crippen MR) is 247 cm³/mol. The van der Waals surface area contributed by atoms with Gasteiger partial charge in [0.25, 0.3) is 0 Å². The number of nitrogens with one attached hydrogen (secondary N) is 5. The number of hydrogen-bond donors (Lipinski definition) is 6. The number of rotatable bonds is 14. The second-order valence-electron chi connectivity index (χ2n) is 19.3. The molecule has 0 aromatic heterocycles. The highest BCUT2D eigenvalue weighted by Gasteiger charge is 2.41. The Morgan fingerprint density at radius 3 is 2.15 bits per heavy atom. The minimum atomic E-state index is -1.82. The maximum absolute atomic E-state index is 14.8. The molecular formula is C48H79N7O10. The largest absolute Gasteiger partial charge is 0.460 e. The molecule has 1 saturated heterocycles. The molecule has 1 aromatic carbocycles. The molecule has 3 rings (SSSR count). The number of esters is 1. The summed E-state index contributed by atoms with van der Waals surface area (Å²) in [5.41, 5.74) is 6.29. The van der Waals surface area contributed by atoms with Crippen molar-refractivity contribution < 1.29 is 47.8 Å². The summed E-state index contributed by atoms with van der Waals surface area (Å²) in [6, 6.07) is 0.930. The Morgan fingerprint density at radius 1 is 0.877 bits per heavy atom. The van der Waals surface area contributed by atoms with E-state index in [-0.39, 0.29) is 31.0 Å². The third-order valence-electron chi connectivity index (χ3n) is 11.9. The molecule has 17 nitrogen and oxygen atoms in total. The van der Waals surface area contributed by atoms with Gasteiger partial charge in [-0.15, -0.1) is 0 Å². The molecule has 0 bridgehead atoms. The summed E-state index contributed by atoms with van der Waals surface area (Å²) in [6.45, 7) is 13.9. The van der Waals surface area contributed by atoms with Gasteiger partial charge in [0, 0.05) is 13.1 Å². The molecule has 0 radical (unpaired) electrons. The molecule has 366 valence electrons. The van der Waals surface area contributed by atoms with Crippen molar-refractivity contribution in [1.29, 1.82) is 0 Å². The Bertz CT molecular complexity index is 1700. The average Bonchev–Trinajstić information content (AvgIpc) is 3.54. The highest BCUT2D eigenvalue weighted by Crippen LogP contribution is 2.27. The molecule has 6 amide bonds. The number of ether oxygens (including phenoxy) is 3. The smallest absolute Gasteiger partial charge is 0.407 e. The standard InChI is InChI=1S/C48H79N7O10/c1-10-11-12-20-25-37-32(5)45(60)55(9)36(26-30(2)3)42(57)53-39(34-23-18-13-14-19-24-34)43(58)54-40(38(49)46(61)64-29-33-21-16-15-17-22-33)44(59)52-35(41(56)51-31(4)28-63-37)27-50-47(62)65-48(6,7)8/h15-17,21-22,30-32,34-40H,10-14,18-20,23-29,49H2,1-9H3,(H,50,62)(H,51,56)(H,52,59)(H,53,57)(H,54,58)/t31-,32-,35+,36+,37-,38?,39+,40+/m1/s1. The zero-order chi connectivity index (χ0) is 48.3. The fourth-order valence-corrected chi connectivity index (χ4v) is 8.21. The first-order chi connectivity index (χ1) is 30.7. The number of benzene rings is 1. The number of hydrogen-bond acceptors (Lipinski definition) is 11. The molecule has 17 heteroatoms. The Hall–Kier alpha value is -4.77. The van der Waals surface area contributed by atoms with Crippen molar-refractivity contribution in [3.63, 3.8) is 0 Å². The lowest BCUT2D eigenvalue weighted by atomic mass is 9.89. The third-order valence-corrected chi connectivity index (χ3v) is 11.9. The zero-order valence-electron chi connectivity index (χ0n) is 40.4. The van der Waals surface area contributed by atoms with Crippen LogP contribution in [0.3, 0.4) is 0 Å². The van der Waals surface area contributed by atoms with Crippen molar-refractivity contribution in [1.82, 2.24) is 31.5 Å². The van der Waals surface area contributed by atoms with Crippen LogP contribution in [0.5, 0.6) is 0 Å².